The number of likely N-dealkylation sites (tertiary alicyclic amines) is 1. The number of benzene rings is 1. The molecule has 4 aromatic rings. The summed E-state index contributed by atoms with van der Waals surface area (Å²) in [7, 11) is 5.39. The number of hydrogen-bond acceptors (Lipinski definition) is 8. The van der Waals surface area contributed by atoms with E-state index in [-0.39, 0.29) is 11.8 Å². The first-order valence-corrected chi connectivity index (χ1v) is 12.9. The molecule has 1 atom stereocenters. The number of piperidine rings is 1. The number of nitrogens with one attached hydrogen (secondary N) is 2. The van der Waals surface area contributed by atoms with Crippen LogP contribution in [-0.2, 0) is 0 Å². The number of anilines is 1. The predicted molar refractivity (Wildman–Crippen MR) is 148 cm³/mol. The number of fused-ring (bicyclic) bond motifs is 1. The first-order valence-electron chi connectivity index (χ1n) is 12.9. The van der Waals surface area contributed by atoms with Crippen molar-refractivity contribution in [2.24, 2.45) is 0 Å². The van der Waals surface area contributed by atoms with Crippen LogP contribution >= 0.6 is 0 Å². The third-order valence-corrected chi connectivity index (χ3v) is 7.27. The number of hydrogen-bond donors (Lipinski definition) is 2. The molecule has 1 saturated heterocycles. The number of nitrogens with zero attached hydrogens (tertiary/aromatic N) is 6. The zero-order chi connectivity index (χ0) is 26.6. The summed E-state index contributed by atoms with van der Waals surface area (Å²) >= 11 is 0. The number of carbonyl (C=O) groups excluding carboxylic acids is 1. The van der Waals surface area contributed by atoms with Gasteiger partial charge in [-0.2, -0.15) is 5.10 Å². The maximum atomic E-state index is 12.0. The van der Waals surface area contributed by atoms with E-state index in [0.29, 0.717) is 23.9 Å². The molecule has 1 aromatic carbocycles. The Hall–Kier alpha value is -4.05. The van der Waals surface area contributed by atoms with Crippen molar-refractivity contribution in [2.45, 2.75) is 31.7 Å². The first kappa shape index (κ1) is 25.6. The van der Waals surface area contributed by atoms with Crippen molar-refractivity contribution in [3.8, 4) is 17.0 Å². The van der Waals surface area contributed by atoms with Crippen LogP contribution in [0.25, 0.3) is 22.3 Å². The van der Waals surface area contributed by atoms with Gasteiger partial charge in [0.15, 0.2) is 5.65 Å². The molecule has 1 aliphatic heterocycles. The number of aromatic nitrogens is 5. The molecular weight excluding hydrogens is 480 g/mol. The van der Waals surface area contributed by atoms with E-state index in [1.807, 2.05) is 30.6 Å². The normalized spacial score (nSPS) is 15.4. The zero-order valence-electron chi connectivity index (χ0n) is 22.3. The van der Waals surface area contributed by atoms with Crippen molar-refractivity contribution in [2.75, 3.05) is 46.2 Å². The largest absolute Gasteiger partial charge is 0.496 e. The lowest BCUT2D eigenvalue weighted by Gasteiger charge is -2.29. The average molecular weight is 515 g/mol. The number of rotatable bonds is 8. The molecule has 10 heteroatoms. The predicted octanol–water partition coefficient (Wildman–Crippen LogP) is 3.74. The Balaban J connectivity index is 1.29. The van der Waals surface area contributed by atoms with E-state index in [0.717, 1.165) is 59.6 Å². The van der Waals surface area contributed by atoms with Crippen molar-refractivity contribution in [1.29, 1.82) is 0 Å². The number of methoxy groups -OCH3 is 1. The van der Waals surface area contributed by atoms with Gasteiger partial charge in [-0.05, 0) is 56.7 Å². The fraction of sp³-hybridized carbons (Fsp3) is 0.393. The van der Waals surface area contributed by atoms with E-state index < -0.39 is 0 Å². The van der Waals surface area contributed by atoms with Gasteiger partial charge in [0.25, 0.3) is 5.91 Å². The van der Waals surface area contributed by atoms with Gasteiger partial charge >= 0.3 is 0 Å². The second-order valence-electron chi connectivity index (χ2n) is 9.87. The third kappa shape index (κ3) is 5.31. The van der Waals surface area contributed by atoms with Crippen molar-refractivity contribution < 1.29 is 9.53 Å². The Morgan fingerprint density at radius 3 is 2.71 bits per heavy atom. The molecule has 4 heterocycles. The molecule has 1 aliphatic rings. The summed E-state index contributed by atoms with van der Waals surface area (Å²) in [5.41, 5.74) is 4.21. The minimum atomic E-state index is -0.143. The highest BCUT2D eigenvalue weighted by Crippen LogP contribution is 2.29. The molecule has 0 bridgehead atoms. The lowest BCUT2D eigenvalue weighted by molar-refractivity contribution is 0.0962. The Bertz CT molecular complexity index is 1430. The smallest absolute Gasteiger partial charge is 0.251 e. The average Bonchev–Trinajstić information content (AvgIpc) is 3.39. The second kappa shape index (κ2) is 11.1. The standard InChI is InChI=1S/C28H34N8O2/c1-18(23-6-5-19(28(37)29-2)12-25(23)38-4)14-30-26-13-24(32-17-33-26)20-11-21-16-34-36(27(21)31-15-20)22-7-9-35(3)10-8-22/h5-6,11-13,15-18,22H,7-10,14H2,1-4H3,(H,29,37)(H,30,32,33)/t18-/m1/s1. The Morgan fingerprint density at radius 2 is 1.95 bits per heavy atom. The van der Waals surface area contributed by atoms with Crippen molar-refractivity contribution in [3.05, 3.63) is 60.2 Å². The molecule has 0 radical (unpaired) electrons. The summed E-state index contributed by atoms with van der Waals surface area (Å²) in [5, 5.41) is 11.7. The van der Waals surface area contributed by atoms with Gasteiger partial charge in [0, 0.05) is 48.3 Å². The number of carbonyl (C=O) groups is 1. The lowest BCUT2D eigenvalue weighted by Crippen LogP contribution is -2.31. The van der Waals surface area contributed by atoms with Crippen LogP contribution in [0.4, 0.5) is 5.82 Å². The van der Waals surface area contributed by atoms with Gasteiger partial charge in [0.1, 0.15) is 17.9 Å². The number of pyridine rings is 1. The second-order valence-corrected chi connectivity index (χ2v) is 9.87. The monoisotopic (exact) mass is 514 g/mol. The molecule has 10 nitrogen and oxygen atoms in total. The highest BCUT2D eigenvalue weighted by Gasteiger charge is 2.21. The molecular formula is C28H34N8O2. The lowest BCUT2D eigenvalue weighted by atomic mass is 9.98. The van der Waals surface area contributed by atoms with Gasteiger partial charge in [-0.3, -0.25) is 4.79 Å². The van der Waals surface area contributed by atoms with E-state index >= 15 is 0 Å². The van der Waals surface area contributed by atoms with Crippen LogP contribution in [0, 0.1) is 0 Å². The van der Waals surface area contributed by atoms with Crippen molar-refractivity contribution in [1.82, 2.24) is 34.9 Å². The molecule has 0 saturated carbocycles. The van der Waals surface area contributed by atoms with Crippen molar-refractivity contribution in [3.63, 3.8) is 0 Å². The third-order valence-electron chi connectivity index (χ3n) is 7.27. The van der Waals surface area contributed by atoms with Crippen LogP contribution in [0.1, 0.15) is 47.6 Å². The van der Waals surface area contributed by atoms with E-state index in [2.05, 4.69) is 55.3 Å². The summed E-state index contributed by atoms with van der Waals surface area (Å²) in [6, 6.07) is 9.93. The van der Waals surface area contributed by atoms with Gasteiger partial charge in [0.05, 0.1) is 25.0 Å². The molecule has 1 amide bonds. The summed E-state index contributed by atoms with van der Waals surface area (Å²) < 4.78 is 7.64. The number of amides is 1. The van der Waals surface area contributed by atoms with Crippen LogP contribution in [0.15, 0.2) is 49.1 Å². The summed E-state index contributed by atoms with van der Waals surface area (Å²) in [4.78, 5) is 28.0. The quantitative estimate of drug-likeness (QED) is 0.366. The molecule has 5 rings (SSSR count). The molecule has 0 unspecified atom stereocenters. The summed E-state index contributed by atoms with van der Waals surface area (Å²) in [6.07, 6.45) is 7.49. The van der Waals surface area contributed by atoms with Crippen LogP contribution < -0.4 is 15.4 Å². The van der Waals surface area contributed by atoms with Gasteiger partial charge in [-0.15, -0.1) is 0 Å². The van der Waals surface area contributed by atoms with E-state index in [9.17, 15) is 4.79 Å². The van der Waals surface area contributed by atoms with Gasteiger partial charge in [-0.25, -0.2) is 19.6 Å². The summed E-state index contributed by atoms with van der Waals surface area (Å²) in [6.45, 7) is 4.89. The van der Waals surface area contributed by atoms with Crippen LogP contribution in [0.5, 0.6) is 5.75 Å². The van der Waals surface area contributed by atoms with Gasteiger partial charge < -0.3 is 20.3 Å². The minimum Gasteiger partial charge on any atom is -0.496 e. The SMILES string of the molecule is CNC(=O)c1ccc([C@H](C)CNc2cc(-c3cnc4c(cnn4C4CCN(C)CC4)c3)ncn2)c(OC)c1. The van der Waals surface area contributed by atoms with E-state index in [1.54, 1.807) is 26.6 Å². The van der Waals surface area contributed by atoms with E-state index in [1.165, 1.54) is 0 Å². The Kier molecular flexibility index (Phi) is 7.50. The Labute approximate surface area is 222 Å². The van der Waals surface area contributed by atoms with Crippen LogP contribution in [-0.4, -0.2) is 76.4 Å². The molecule has 1 fully saturated rings. The Morgan fingerprint density at radius 1 is 1.13 bits per heavy atom. The molecule has 0 spiro atoms. The van der Waals surface area contributed by atoms with Gasteiger partial charge in [0.2, 0.25) is 0 Å². The van der Waals surface area contributed by atoms with Crippen LogP contribution in [0.2, 0.25) is 0 Å². The molecule has 0 aliphatic carbocycles. The van der Waals surface area contributed by atoms with Crippen molar-refractivity contribution >= 4 is 22.8 Å². The fourth-order valence-electron chi connectivity index (χ4n) is 4.97. The molecule has 198 valence electrons. The summed E-state index contributed by atoms with van der Waals surface area (Å²) in [5.74, 6) is 1.38. The zero-order valence-corrected chi connectivity index (χ0v) is 22.3. The highest BCUT2D eigenvalue weighted by atomic mass is 16.5. The fourth-order valence-corrected chi connectivity index (χ4v) is 4.97. The first-order chi connectivity index (χ1) is 18.5. The maximum absolute atomic E-state index is 12.0. The molecule has 38 heavy (non-hydrogen) atoms. The van der Waals surface area contributed by atoms with E-state index in [4.69, 9.17) is 9.72 Å². The molecule has 2 N–H and O–H groups in total. The molecule has 3 aromatic heterocycles. The van der Waals surface area contributed by atoms with Crippen LogP contribution in [0.3, 0.4) is 0 Å². The highest BCUT2D eigenvalue weighted by molar-refractivity contribution is 5.94. The maximum Gasteiger partial charge on any atom is 0.251 e. The number of ether oxygens (including phenoxy) is 1. The topological polar surface area (TPSA) is 110 Å². The minimum absolute atomic E-state index is 0.116. The van der Waals surface area contributed by atoms with Gasteiger partial charge in [-0.1, -0.05) is 13.0 Å².